The van der Waals surface area contributed by atoms with E-state index in [0.717, 1.165) is 27.5 Å². The first-order chi connectivity index (χ1) is 13.7. The maximum atomic E-state index is 12.5. The van der Waals surface area contributed by atoms with Crippen LogP contribution in [0.3, 0.4) is 0 Å². The lowest BCUT2D eigenvalue weighted by Crippen LogP contribution is -2.22. The van der Waals surface area contributed by atoms with Gasteiger partial charge in [0.1, 0.15) is 5.75 Å². The zero-order valence-corrected chi connectivity index (χ0v) is 16.8. The van der Waals surface area contributed by atoms with Crippen LogP contribution in [-0.4, -0.2) is 17.5 Å². The molecule has 0 aliphatic heterocycles. The van der Waals surface area contributed by atoms with Crippen molar-refractivity contribution in [3.8, 4) is 5.75 Å². The van der Waals surface area contributed by atoms with Crippen LogP contribution in [0.25, 0.3) is 0 Å². The number of rotatable bonds is 8. The first-order valence-corrected chi connectivity index (χ1v) is 9.91. The Kier molecular flexibility index (Phi) is 6.92. The summed E-state index contributed by atoms with van der Waals surface area (Å²) in [5.74, 6) is 0.744. The van der Waals surface area contributed by atoms with Crippen molar-refractivity contribution in [1.82, 2.24) is 10.3 Å². The summed E-state index contributed by atoms with van der Waals surface area (Å²) >= 11 is 1.50. The van der Waals surface area contributed by atoms with Crippen LogP contribution in [0.5, 0.6) is 5.75 Å². The molecule has 1 amide bonds. The van der Waals surface area contributed by atoms with E-state index in [9.17, 15) is 4.79 Å². The largest absolute Gasteiger partial charge is 0.494 e. The minimum atomic E-state index is -0.113. The van der Waals surface area contributed by atoms with Crippen molar-refractivity contribution in [2.24, 2.45) is 0 Å². The second-order valence-electron chi connectivity index (χ2n) is 6.18. The minimum absolute atomic E-state index is 0.113. The third-order valence-electron chi connectivity index (χ3n) is 4.09. The van der Waals surface area contributed by atoms with E-state index in [1.165, 1.54) is 11.9 Å². The van der Waals surface area contributed by atoms with Crippen LogP contribution in [0.4, 0.5) is 5.69 Å². The fourth-order valence-corrected chi connectivity index (χ4v) is 3.26. The van der Waals surface area contributed by atoms with Crippen molar-refractivity contribution in [2.45, 2.75) is 25.3 Å². The van der Waals surface area contributed by atoms with Gasteiger partial charge in [0.15, 0.2) is 0 Å². The van der Waals surface area contributed by atoms with E-state index in [1.54, 1.807) is 12.4 Å². The van der Waals surface area contributed by atoms with Crippen molar-refractivity contribution in [1.29, 1.82) is 0 Å². The predicted octanol–water partition coefficient (Wildman–Crippen LogP) is 4.84. The summed E-state index contributed by atoms with van der Waals surface area (Å²) in [5, 5.41) is 2.93. The molecule has 3 rings (SSSR count). The predicted molar refractivity (Wildman–Crippen MR) is 114 cm³/mol. The van der Waals surface area contributed by atoms with Gasteiger partial charge in [0.2, 0.25) is 0 Å². The number of nitrogens with one attached hydrogen (secondary N) is 2. The summed E-state index contributed by atoms with van der Waals surface area (Å²) in [4.78, 5) is 17.6. The summed E-state index contributed by atoms with van der Waals surface area (Å²) in [6.07, 6.45) is 3.46. The molecule has 3 aromatic rings. The zero-order valence-electron chi connectivity index (χ0n) is 15.9. The highest BCUT2D eigenvalue weighted by atomic mass is 32.2. The zero-order chi connectivity index (χ0) is 19.8. The lowest BCUT2D eigenvalue weighted by Gasteiger charge is -2.12. The van der Waals surface area contributed by atoms with Gasteiger partial charge < -0.3 is 14.8 Å². The lowest BCUT2D eigenvalue weighted by molar-refractivity contribution is 0.0951. The maximum Gasteiger partial charge on any atom is 0.251 e. The molecule has 0 atom stereocenters. The van der Waals surface area contributed by atoms with Gasteiger partial charge in [0, 0.05) is 35.1 Å². The first kappa shape index (κ1) is 19.8. The number of benzene rings is 2. The Labute approximate surface area is 169 Å². The molecule has 2 aromatic carbocycles. The van der Waals surface area contributed by atoms with Gasteiger partial charge in [0.05, 0.1) is 6.61 Å². The smallest absolute Gasteiger partial charge is 0.251 e. The number of amides is 1. The van der Waals surface area contributed by atoms with Crippen LogP contribution in [0.1, 0.15) is 28.4 Å². The molecule has 5 nitrogen and oxygen atoms in total. The molecule has 0 saturated carbocycles. The van der Waals surface area contributed by atoms with Gasteiger partial charge in [-0.25, -0.2) is 0 Å². The monoisotopic (exact) mass is 393 g/mol. The van der Waals surface area contributed by atoms with Gasteiger partial charge in [0.25, 0.3) is 5.91 Å². The molecule has 144 valence electrons. The molecule has 2 N–H and O–H groups in total. The summed E-state index contributed by atoms with van der Waals surface area (Å²) in [6, 6.07) is 17.3. The third kappa shape index (κ3) is 5.50. The number of nitrogens with zero attached hydrogens (tertiary/aromatic N) is 1. The van der Waals surface area contributed by atoms with Gasteiger partial charge in [-0.3, -0.25) is 9.78 Å². The molecule has 0 fully saturated rings. The van der Waals surface area contributed by atoms with Gasteiger partial charge in [-0.05, 0) is 79.4 Å². The molecule has 0 spiro atoms. The molecule has 0 unspecified atom stereocenters. The van der Waals surface area contributed by atoms with Gasteiger partial charge >= 0.3 is 0 Å². The maximum absolute atomic E-state index is 12.5. The number of aromatic nitrogens is 1. The quantitative estimate of drug-likeness (QED) is 0.536. The van der Waals surface area contributed by atoms with E-state index in [-0.39, 0.29) is 5.91 Å². The number of hydrogen-bond acceptors (Lipinski definition) is 5. The topological polar surface area (TPSA) is 63.2 Å². The molecule has 0 aliphatic rings. The number of ether oxygens (including phenoxy) is 1. The standard InChI is InChI=1S/C22H23N3O2S/c1-3-27-19-8-10-20(11-9-19)28-25-21-13-18(7-6-16(21)2)22(26)24-15-17-5-4-12-23-14-17/h4-14,25H,3,15H2,1-2H3,(H,24,26). The summed E-state index contributed by atoms with van der Waals surface area (Å²) in [5.41, 5.74) is 3.56. The van der Waals surface area contributed by atoms with E-state index >= 15 is 0 Å². The third-order valence-corrected chi connectivity index (χ3v) is 4.92. The molecule has 0 aliphatic carbocycles. The summed E-state index contributed by atoms with van der Waals surface area (Å²) < 4.78 is 8.80. The molecule has 1 heterocycles. The molecule has 28 heavy (non-hydrogen) atoms. The normalized spacial score (nSPS) is 10.4. The van der Waals surface area contributed by atoms with Crippen LogP contribution >= 0.6 is 11.9 Å². The summed E-state index contributed by atoms with van der Waals surface area (Å²) in [7, 11) is 0. The van der Waals surface area contributed by atoms with E-state index in [1.807, 2.05) is 68.4 Å². The fourth-order valence-electron chi connectivity index (χ4n) is 2.54. The van der Waals surface area contributed by atoms with Gasteiger partial charge in [-0.1, -0.05) is 12.1 Å². The number of anilines is 1. The Hall–Kier alpha value is -2.99. The van der Waals surface area contributed by atoms with E-state index in [4.69, 9.17) is 4.74 Å². The Morgan fingerprint density at radius 2 is 1.96 bits per heavy atom. The van der Waals surface area contributed by atoms with E-state index in [2.05, 4.69) is 15.0 Å². The Morgan fingerprint density at radius 3 is 2.68 bits per heavy atom. The van der Waals surface area contributed by atoms with Crippen LogP contribution in [-0.2, 0) is 6.54 Å². The van der Waals surface area contributed by atoms with Crippen LogP contribution in [0.2, 0.25) is 0 Å². The minimum Gasteiger partial charge on any atom is -0.494 e. The highest BCUT2D eigenvalue weighted by molar-refractivity contribution is 8.00. The number of carbonyl (C=O) groups excluding carboxylic acids is 1. The van der Waals surface area contributed by atoms with Gasteiger partial charge in [-0.2, -0.15) is 0 Å². The molecule has 1 aromatic heterocycles. The number of pyridine rings is 1. The Morgan fingerprint density at radius 1 is 1.14 bits per heavy atom. The molecular weight excluding hydrogens is 370 g/mol. The number of aryl methyl sites for hydroxylation is 1. The second kappa shape index (κ2) is 9.80. The Balaban J connectivity index is 1.61. The number of hydrogen-bond donors (Lipinski definition) is 2. The average molecular weight is 394 g/mol. The highest BCUT2D eigenvalue weighted by Crippen LogP contribution is 2.26. The van der Waals surface area contributed by atoms with Crippen molar-refractivity contribution in [3.05, 3.63) is 83.7 Å². The van der Waals surface area contributed by atoms with Crippen molar-refractivity contribution in [2.75, 3.05) is 11.3 Å². The lowest BCUT2D eigenvalue weighted by atomic mass is 10.1. The van der Waals surface area contributed by atoms with E-state index in [0.29, 0.717) is 18.7 Å². The second-order valence-corrected chi connectivity index (χ2v) is 7.06. The highest BCUT2D eigenvalue weighted by Gasteiger charge is 2.09. The summed E-state index contributed by atoms with van der Waals surface area (Å²) in [6.45, 7) is 5.08. The SMILES string of the molecule is CCOc1ccc(SNc2cc(C(=O)NCc3cccnc3)ccc2C)cc1. The van der Waals surface area contributed by atoms with Crippen molar-refractivity contribution in [3.63, 3.8) is 0 Å². The van der Waals surface area contributed by atoms with Crippen molar-refractivity contribution >= 4 is 23.5 Å². The fraction of sp³-hybridized carbons (Fsp3) is 0.182. The van der Waals surface area contributed by atoms with Crippen LogP contribution < -0.4 is 14.8 Å². The molecule has 0 bridgehead atoms. The van der Waals surface area contributed by atoms with Crippen LogP contribution in [0.15, 0.2) is 71.9 Å². The van der Waals surface area contributed by atoms with Crippen molar-refractivity contribution < 1.29 is 9.53 Å². The Bertz CT molecular complexity index is 915. The van der Waals surface area contributed by atoms with E-state index < -0.39 is 0 Å². The molecular formula is C22H23N3O2S. The molecule has 0 saturated heterocycles. The molecule has 6 heteroatoms. The van der Waals surface area contributed by atoms with Crippen LogP contribution in [0, 0.1) is 6.92 Å². The first-order valence-electron chi connectivity index (χ1n) is 9.09. The number of carbonyl (C=O) groups is 1. The average Bonchev–Trinajstić information content (AvgIpc) is 2.73. The molecule has 0 radical (unpaired) electrons. The van der Waals surface area contributed by atoms with Gasteiger partial charge in [-0.15, -0.1) is 0 Å².